The number of hydrogen-bond donors (Lipinski definition) is 1. The Hall–Kier alpha value is -0.320. The number of piperidine rings is 1. The summed E-state index contributed by atoms with van der Waals surface area (Å²) in [5.74, 6) is 0.633. The molecule has 1 rings (SSSR count). The number of carbonyl (C=O) groups is 1. The zero-order valence-corrected chi connectivity index (χ0v) is 10.6. The smallest absolute Gasteiger partial charge is 0.217 e. The minimum Gasteiger partial charge on any atom is -0.379 e. The van der Waals surface area contributed by atoms with Crippen molar-refractivity contribution >= 4 is 17.5 Å². The van der Waals surface area contributed by atoms with Gasteiger partial charge in [0.1, 0.15) is 0 Å². The molecule has 0 aromatic carbocycles. The van der Waals surface area contributed by atoms with Gasteiger partial charge < -0.3 is 15.0 Å². The fraction of sp³-hybridized carbons (Fsp3) is 0.909. The summed E-state index contributed by atoms with van der Waals surface area (Å²) in [5.41, 5.74) is 0. The lowest BCUT2D eigenvalue weighted by Crippen LogP contribution is -2.44. The summed E-state index contributed by atoms with van der Waals surface area (Å²) in [5, 5.41) is 2.96. The van der Waals surface area contributed by atoms with Crippen LogP contribution in [0.5, 0.6) is 0 Å². The fourth-order valence-corrected chi connectivity index (χ4v) is 2.05. The number of rotatable bonds is 6. The predicted octanol–water partition coefficient (Wildman–Crippen LogP) is 0.842. The van der Waals surface area contributed by atoms with E-state index < -0.39 is 0 Å². The topological polar surface area (TPSA) is 41.6 Å². The van der Waals surface area contributed by atoms with Crippen LogP contribution in [0.25, 0.3) is 0 Å². The van der Waals surface area contributed by atoms with Crippen LogP contribution in [-0.2, 0) is 9.53 Å². The molecule has 0 unspecified atom stereocenters. The molecule has 0 radical (unpaired) electrons. The molecule has 1 fully saturated rings. The second-order valence-corrected chi connectivity index (χ2v) is 4.50. The molecule has 0 bridgehead atoms. The number of alkyl halides is 1. The largest absolute Gasteiger partial charge is 0.379 e. The van der Waals surface area contributed by atoms with Crippen LogP contribution in [0.15, 0.2) is 0 Å². The zero-order chi connectivity index (χ0) is 11.8. The molecule has 1 amide bonds. The van der Waals surface area contributed by atoms with E-state index in [0.29, 0.717) is 18.5 Å². The standard InChI is InChI=1S/C11H21ClN2O2/c1-10(15)13-11-2-5-14(6-3-11)7-9-16-8-4-12/h11H,2-9H2,1H3,(H,13,15). The van der Waals surface area contributed by atoms with Crippen LogP contribution in [0.1, 0.15) is 19.8 Å². The van der Waals surface area contributed by atoms with Crippen LogP contribution >= 0.6 is 11.6 Å². The minimum atomic E-state index is 0.0731. The molecule has 1 aliphatic heterocycles. The highest BCUT2D eigenvalue weighted by Crippen LogP contribution is 2.09. The lowest BCUT2D eigenvalue weighted by atomic mass is 10.1. The molecular formula is C11H21ClN2O2. The summed E-state index contributed by atoms with van der Waals surface area (Å²) in [7, 11) is 0. The van der Waals surface area contributed by atoms with E-state index in [9.17, 15) is 4.79 Å². The summed E-state index contributed by atoms with van der Waals surface area (Å²) in [4.78, 5) is 13.2. The Morgan fingerprint density at radius 1 is 1.44 bits per heavy atom. The molecule has 94 valence electrons. The van der Waals surface area contributed by atoms with Gasteiger partial charge in [0.15, 0.2) is 0 Å². The number of amides is 1. The van der Waals surface area contributed by atoms with Crippen LogP contribution in [0.3, 0.4) is 0 Å². The van der Waals surface area contributed by atoms with E-state index in [1.54, 1.807) is 6.92 Å². The Bertz CT molecular complexity index is 206. The summed E-state index contributed by atoms with van der Waals surface area (Å²) < 4.78 is 5.33. The zero-order valence-electron chi connectivity index (χ0n) is 9.88. The first-order chi connectivity index (χ1) is 7.72. The normalized spacial score (nSPS) is 18.6. The van der Waals surface area contributed by atoms with E-state index in [1.807, 2.05) is 0 Å². The van der Waals surface area contributed by atoms with Crippen molar-refractivity contribution in [2.45, 2.75) is 25.8 Å². The number of ether oxygens (including phenoxy) is 1. The summed E-state index contributed by atoms with van der Waals surface area (Å²) in [6.45, 7) is 5.99. The number of carbonyl (C=O) groups excluding carboxylic acids is 1. The van der Waals surface area contributed by atoms with Crippen molar-refractivity contribution in [2.24, 2.45) is 0 Å². The maximum absolute atomic E-state index is 10.9. The quantitative estimate of drug-likeness (QED) is 0.560. The Morgan fingerprint density at radius 3 is 2.69 bits per heavy atom. The van der Waals surface area contributed by atoms with E-state index in [0.717, 1.165) is 39.1 Å². The molecule has 5 heteroatoms. The summed E-state index contributed by atoms with van der Waals surface area (Å²) in [6, 6.07) is 0.359. The number of hydrogen-bond acceptors (Lipinski definition) is 3. The van der Waals surface area contributed by atoms with Crippen LogP contribution in [0.4, 0.5) is 0 Å². The van der Waals surface area contributed by atoms with Gasteiger partial charge in [-0.25, -0.2) is 0 Å². The molecule has 1 saturated heterocycles. The molecule has 0 saturated carbocycles. The van der Waals surface area contributed by atoms with Gasteiger partial charge in [-0.05, 0) is 12.8 Å². The highest BCUT2D eigenvalue weighted by Gasteiger charge is 2.18. The van der Waals surface area contributed by atoms with Gasteiger partial charge >= 0.3 is 0 Å². The average Bonchev–Trinajstić information content (AvgIpc) is 2.26. The van der Waals surface area contributed by atoms with Gasteiger partial charge in [0.05, 0.1) is 13.2 Å². The van der Waals surface area contributed by atoms with Gasteiger partial charge in [-0.15, -0.1) is 11.6 Å². The molecule has 1 aliphatic rings. The fourth-order valence-electron chi connectivity index (χ4n) is 1.94. The maximum atomic E-state index is 10.9. The van der Waals surface area contributed by atoms with Crippen molar-refractivity contribution in [3.05, 3.63) is 0 Å². The second-order valence-electron chi connectivity index (χ2n) is 4.12. The van der Waals surface area contributed by atoms with Crippen LogP contribution in [0.2, 0.25) is 0 Å². The molecule has 0 atom stereocenters. The third kappa shape index (κ3) is 5.68. The van der Waals surface area contributed by atoms with Crippen LogP contribution in [-0.4, -0.2) is 55.6 Å². The molecule has 4 nitrogen and oxygen atoms in total. The first kappa shape index (κ1) is 13.7. The molecule has 1 N–H and O–H groups in total. The molecule has 0 aromatic heterocycles. The lowest BCUT2D eigenvalue weighted by molar-refractivity contribution is -0.120. The summed E-state index contributed by atoms with van der Waals surface area (Å²) >= 11 is 5.51. The third-order valence-electron chi connectivity index (χ3n) is 2.77. The van der Waals surface area contributed by atoms with Crippen molar-refractivity contribution in [1.82, 2.24) is 10.2 Å². The Morgan fingerprint density at radius 2 is 2.12 bits per heavy atom. The number of halogens is 1. The van der Waals surface area contributed by atoms with E-state index in [-0.39, 0.29) is 5.91 Å². The van der Waals surface area contributed by atoms with Crippen molar-refractivity contribution in [3.8, 4) is 0 Å². The van der Waals surface area contributed by atoms with E-state index in [4.69, 9.17) is 16.3 Å². The van der Waals surface area contributed by atoms with Gasteiger partial charge in [-0.3, -0.25) is 4.79 Å². The van der Waals surface area contributed by atoms with Gasteiger partial charge in [-0.2, -0.15) is 0 Å². The Balaban J connectivity index is 2.05. The van der Waals surface area contributed by atoms with Gasteiger partial charge in [0.25, 0.3) is 0 Å². The number of nitrogens with one attached hydrogen (secondary N) is 1. The summed E-state index contributed by atoms with van der Waals surface area (Å²) in [6.07, 6.45) is 2.07. The average molecular weight is 249 g/mol. The van der Waals surface area contributed by atoms with E-state index in [2.05, 4.69) is 10.2 Å². The Labute approximate surface area is 102 Å². The predicted molar refractivity (Wildman–Crippen MR) is 64.8 cm³/mol. The maximum Gasteiger partial charge on any atom is 0.217 e. The SMILES string of the molecule is CC(=O)NC1CCN(CCOCCCl)CC1. The first-order valence-corrected chi connectivity index (χ1v) is 6.39. The first-order valence-electron chi connectivity index (χ1n) is 5.85. The molecule has 0 aromatic rings. The highest BCUT2D eigenvalue weighted by atomic mass is 35.5. The number of nitrogens with zero attached hydrogens (tertiary/aromatic N) is 1. The van der Waals surface area contributed by atoms with E-state index >= 15 is 0 Å². The lowest BCUT2D eigenvalue weighted by Gasteiger charge is -2.31. The van der Waals surface area contributed by atoms with E-state index in [1.165, 1.54) is 0 Å². The molecular weight excluding hydrogens is 228 g/mol. The van der Waals surface area contributed by atoms with Crippen molar-refractivity contribution in [1.29, 1.82) is 0 Å². The van der Waals surface area contributed by atoms with Crippen molar-refractivity contribution in [3.63, 3.8) is 0 Å². The number of likely N-dealkylation sites (tertiary alicyclic amines) is 1. The second kappa shape index (κ2) is 7.87. The van der Waals surface area contributed by atoms with Gasteiger partial charge in [0.2, 0.25) is 5.91 Å². The molecule has 0 spiro atoms. The van der Waals surface area contributed by atoms with Crippen LogP contribution < -0.4 is 5.32 Å². The van der Waals surface area contributed by atoms with Crippen molar-refractivity contribution < 1.29 is 9.53 Å². The molecule has 1 heterocycles. The van der Waals surface area contributed by atoms with Crippen molar-refractivity contribution in [2.75, 3.05) is 38.7 Å². The van der Waals surface area contributed by atoms with Gasteiger partial charge in [0, 0.05) is 38.5 Å². The Kier molecular flexibility index (Phi) is 6.76. The highest BCUT2D eigenvalue weighted by molar-refractivity contribution is 6.17. The third-order valence-corrected chi connectivity index (χ3v) is 2.92. The monoisotopic (exact) mass is 248 g/mol. The minimum absolute atomic E-state index is 0.0731. The van der Waals surface area contributed by atoms with Crippen LogP contribution in [0, 0.1) is 0 Å². The molecule has 16 heavy (non-hydrogen) atoms. The molecule has 0 aliphatic carbocycles. The van der Waals surface area contributed by atoms with Gasteiger partial charge in [-0.1, -0.05) is 0 Å².